The van der Waals surface area contributed by atoms with Gasteiger partial charge in [0.2, 0.25) is 5.78 Å². The average Bonchev–Trinajstić information content (AvgIpc) is 2.82. The summed E-state index contributed by atoms with van der Waals surface area (Å²) in [4.78, 5) is 21.3. The van der Waals surface area contributed by atoms with Gasteiger partial charge in [-0.3, -0.25) is 9.79 Å². The highest BCUT2D eigenvalue weighted by molar-refractivity contribution is 6.49. The molecule has 0 radical (unpaired) electrons. The quantitative estimate of drug-likeness (QED) is 0.769. The molecule has 4 nitrogen and oxygen atoms in total. The monoisotopic (exact) mass is 349 g/mol. The van der Waals surface area contributed by atoms with E-state index in [1.165, 1.54) is 11.3 Å². The van der Waals surface area contributed by atoms with Crippen molar-refractivity contribution in [1.29, 1.82) is 0 Å². The molecule has 1 aromatic rings. The van der Waals surface area contributed by atoms with Crippen LogP contribution in [0.25, 0.3) is 0 Å². The number of hydrogen-bond donors (Lipinski definition) is 0. The molecule has 0 saturated carbocycles. The molecule has 136 valence electrons. The van der Waals surface area contributed by atoms with Gasteiger partial charge in [-0.25, -0.2) is 0 Å². The molecule has 0 bridgehead atoms. The van der Waals surface area contributed by atoms with Gasteiger partial charge in [0.25, 0.3) is 0 Å². The summed E-state index contributed by atoms with van der Waals surface area (Å²) in [7, 11) is 2.05. The van der Waals surface area contributed by atoms with E-state index in [0.717, 1.165) is 24.5 Å². The Labute approximate surface area is 156 Å². The van der Waals surface area contributed by atoms with Crippen LogP contribution in [0.4, 0.5) is 5.69 Å². The Hall–Kier alpha value is -2.62. The van der Waals surface area contributed by atoms with Crippen LogP contribution in [0, 0.1) is 0 Å². The number of ketones is 1. The zero-order valence-corrected chi connectivity index (χ0v) is 16.3. The summed E-state index contributed by atoms with van der Waals surface area (Å²) in [5, 5.41) is 0. The van der Waals surface area contributed by atoms with Crippen molar-refractivity contribution in [2.24, 2.45) is 4.99 Å². The number of fused-ring (bicyclic) bond motifs is 1. The van der Waals surface area contributed by atoms with E-state index in [1.54, 1.807) is 6.08 Å². The van der Waals surface area contributed by atoms with Gasteiger partial charge in [-0.2, -0.15) is 0 Å². The Morgan fingerprint density at radius 2 is 1.85 bits per heavy atom. The number of aliphatic imine (C=N–C) groups is 1. The normalized spacial score (nSPS) is 21.3. The summed E-state index contributed by atoms with van der Waals surface area (Å²) in [5.41, 5.74) is 4.86. The lowest BCUT2D eigenvalue weighted by molar-refractivity contribution is -0.108. The van der Waals surface area contributed by atoms with Crippen LogP contribution in [-0.4, -0.2) is 36.5 Å². The van der Waals surface area contributed by atoms with Crippen molar-refractivity contribution in [3.05, 3.63) is 65.7 Å². The minimum absolute atomic E-state index is 0.0396. The van der Waals surface area contributed by atoms with Gasteiger partial charge in [0.1, 0.15) is 5.71 Å². The van der Waals surface area contributed by atoms with Crippen LogP contribution in [0.5, 0.6) is 0 Å². The van der Waals surface area contributed by atoms with Crippen LogP contribution in [-0.2, 0) is 10.2 Å². The molecule has 1 aliphatic heterocycles. The standard InChI is InChI=1S/C22H27N3O/c1-6-25(7-2)16-12-13-18(20(26)14-16)23-15-21-22(3,4)17-10-8-9-11-19(17)24(21)5/h8-15H,6-7H2,1-5H3/b21-15+,23-18?. The molecule has 4 heteroatoms. The summed E-state index contributed by atoms with van der Waals surface area (Å²) in [5.74, 6) is -0.0396. The number of likely N-dealkylation sites (N-methyl/N-ethyl adjacent to an activating group) is 2. The number of para-hydroxylation sites is 1. The minimum Gasteiger partial charge on any atom is -0.372 e. The van der Waals surface area contributed by atoms with E-state index in [1.807, 2.05) is 24.4 Å². The lowest BCUT2D eigenvalue weighted by Gasteiger charge is -2.24. The second-order valence-electron chi connectivity index (χ2n) is 7.17. The van der Waals surface area contributed by atoms with Crippen molar-refractivity contribution >= 4 is 17.2 Å². The van der Waals surface area contributed by atoms with E-state index in [2.05, 4.69) is 67.7 Å². The van der Waals surface area contributed by atoms with Gasteiger partial charge in [-0.05, 0) is 37.6 Å². The van der Waals surface area contributed by atoms with E-state index in [-0.39, 0.29) is 11.2 Å². The number of rotatable bonds is 4. The zero-order valence-electron chi connectivity index (χ0n) is 16.3. The first-order valence-electron chi connectivity index (χ1n) is 9.20. The van der Waals surface area contributed by atoms with Gasteiger partial charge in [0.05, 0.1) is 0 Å². The van der Waals surface area contributed by atoms with Gasteiger partial charge in [-0.15, -0.1) is 0 Å². The third-order valence-electron chi connectivity index (χ3n) is 5.34. The summed E-state index contributed by atoms with van der Waals surface area (Å²) >= 11 is 0. The lowest BCUT2D eigenvalue weighted by Crippen LogP contribution is -2.25. The summed E-state index contributed by atoms with van der Waals surface area (Å²) < 4.78 is 0. The largest absolute Gasteiger partial charge is 0.372 e. The summed E-state index contributed by atoms with van der Waals surface area (Å²) in [6, 6.07) is 8.39. The molecule has 0 aromatic heterocycles. The first kappa shape index (κ1) is 18.2. The molecule has 2 aliphatic rings. The highest BCUT2D eigenvalue weighted by Gasteiger charge is 2.38. The number of allylic oxidation sites excluding steroid dienone is 4. The third-order valence-corrected chi connectivity index (χ3v) is 5.34. The van der Waals surface area contributed by atoms with Gasteiger partial charge in [0, 0.05) is 54.9 Å². The Morgan fingerprint density at radius 1 is 1.15 bits per heavy atom. The number of anilines is 1. The lowest BCUT2D eigenvalue weighted by atomic mass is 9.84. The van der Waals surface area contributed by atoms with Crippen molar-refractivity contribution in [2.45, 2.75) is 33.1 Å². The van der Waals surface area contributed by atoms with Crippen molar-refractivity contribution in [3.63, 3.8) is 0 Å². The van der Waals surface area contributed by atoms with Crippen LogP contribution >= 0.6 is 0 Å². The molecule has 0 spiro atoms. The highest BCUT2D eigenvalue weighted by atomic mass is 16.1. The van der Waals surface area contributed by atoms with Gasteiger partial charge in [0.15, 0.2) is 0 Å². The molecule has 1 aromatic carbocycles. The maximum atomic E-state index is 12.5. The molecule has 3 rings (SSSR count). The first-order valence-corrected chi connectivity index (χ1v) is 9.20. The van der Waals surface area contributed by atoms with Gasteiger partial charge >= 0.3 is 0 Å². The fourth-order valence-corrected chi connectivity index (χ4v) is 3.76. The zero-order chi connectivity index (χ0) is 18.9. The molecule has 26 heavy (non-hydrogen) atoms. The van der Waals surface area contributed by atoms with Crippen molar-refractivity contribution in [3.8, 4) is 0 Å². The average molecular weight is 349 g/mol. The fourth-order valence-electron chi connectivity index (χ4n) is 3.76. The summed E-state index contributed by atoms with van der Waals surface area (Å²) in [6.07, 6.45) is 7.32. The number of hydrogen-bond acceptors (Lipinski definition) is 4. The topological polar surface area (TPSA) is 35.9 Å². The summed E-state index contributed by atoms with van der Waals surface area (Å²) in [6.45, 7) is 10.3. The molecule has 0 atom stereocenters. The Kier molecular flexibility index (Phi) is 4.86. The predicted molar refractivity (Wildman–Crippen MR) is 109 cm³/mol. The van der Waals surface area contributed by atoms with Crippen LogP contribution < -0.4 is 4.90 Å². The van der Waals surface area contributed by atoms with E-state index in [9.17, 15) is 4.79 Å². The predicted octanol–water partition coefficient (Wildman–Crippen LogP) is 4.06. The number of carbonyl (C=O) groups is 1. The maximum Gasteiger partial charge on any atom is 0.206 e. The van der Waals surface area contributed by atoms with Crippen LogP contribution in [0.1, 0.15) is 33.3 Å². The van der Waals surface area contributed by atoms with Gasteiger partial charge in [-0.1, -0.05) is 32.0 Å². The highest BCUT2D eigenvalue weighted by Crippen LogP contribution is 2.46. The Morgan fingerprint density at radius 3 is 2.46 bits per heavy atom. The molecule has 0 saturated heterocycles. The SMILES string of the molecule is CCN(CC)C1=CC(=O)C(=N/C=C2/N(C)c3ccccc3C2(C)C)C=C1. The fraction of sp³-hybridized carbons (Fsp3) is 0.364. The number of carbonyl (C=O) groups excluding carboxylic acids is 1. The van der Waals surface area contributed by atoms with Crippen molar-refractivity contribution in [2.75, 3.05) is 25.0 Å². The molecular weight excluding hydrogens is 322 g/mol. The number of benzene rings is 1. The van der Waals surface area contributed by atoms with Crippen LogP contribution in [0.15, 0.2) is 65.1 Å². The molecule has 0 amide bonds. The van der Waals surface area contributed by atoms with Gasteiger partial charge < -0.3 is 9.80 Å². The van der Waals surface area contributed by atoms with E-state index < -0.39 is 0 Å². The molecule has 0 N–H and O–H groups in total. The molecule has 0 unspecified atom stereocenters. The molecule has 1 aliphatic carbocycles. The molecule has 1 heterocycles. The maximum absolute atomic E-state index is 12.5. The van der Waals surface area contributed by atoms with E-state index >= 15 is 0 Å². The van der Waals surface area contributed by atoms with Crippen LogP contribution in [0.3, 0.4) is 0 Å². The van der Waals surface area contributed by atoms with Crippen molar-refractivity contribution in [1.82, 2.24) is 4.90 Å². The van der Waals surface area contributed by atoms with E-state index in [0.29, 0.717) is 5.71 Å². The Balaban J connectivity index is 1.89. The molecule has 0 fully saturated rings. The second-order valence-corrected chi connectivity index (χ2v) is 7.17. The first-order chi connectivity index (χ1) is 12.4. The second kappa shape index (κ2) is 6.94. The van der Waals surface area contributed by atoms with Crippen LogP contribution in [0.2, 0.25) is 0 Å². The smallest absolute Gasteiger partial charge is 0.206 e. The Bertz CT molecular complexity index is 839. The van der Waals surface area contributed by atoms with E-state index in [4.69, 9.17) is 0 Å². The number of nitrogens with zero attached hydrogens (tertiary/aromatic N) is 3. The third kappa shape index (κ3) is 3.00. The van der Waals surface area contributed by atoms with Crippen molar-refractivity contribution < 1.29 is 4.79 Å². The minimum atomic E-state index is -0.140. The molecular formula is C22H27N3O.